The zero-order valence-electron chi connectivity index (χ0n) is 9.92. The van der Waals surface area contributed by atoms with Gasteiger partial charge in [0.25, 0.3) is 5.91 Å². The predicted molar refractivity (Wildman–Crippen MR) is 57.7 cm³/mol. The van der Waals surface area contributed by atoms with Crippen LogP contribution in [0.2, 0.25) is 0 Å². The first-order valence-corrected chi connectivity index (χ1v) is 5.70. The van der Waals surface area contributed by atoms with Gasteiger partial charge in [-0.2, -0.15) is 4.39 Å². The van der Waals surface area contributed by atoms with Crippen molar-refractivity contribution in [3.8, 4) is 0 Å². The molecule has 19 heavy (non-hydrogen) atoms. The number of esters is 1. The summed E-state index contributed by atoms with van der Waals surface area (Å²) in [5.74, 6) is -2.61. The lowest BCUT2D eigenvalue weighted by molar-refractivity contribution is -0.149. The molecule has 0 aromatic heterocycles. The number of hydrogen-bond acceptors (Lipinski definition) is 6. The molecule has 102 valence electrons. The van der Waals surface area contributed by atoms with Crippen LogP contribution in [-0.2, 0) is 19.1 Å². The van der Waals surface area contributed by atoms with Gasteiger partial charge in [0.1, 0.15) is 12.3 Å². The van der Waals surface area contributed by atoms with E-state index in [1.165, 1.54) is 11.8 Å². The first-order chi connectivity index (χ1) is 8.97. The minimum atomic E-state index is -0.977. The van der Waals surface area contributed by atoms with Gasteiger partial charge in [-0.05, 0) is 0 Å². The second-order valence-electron chi connectivity index (χ2n) is 4.47. The molecule has 0 aliphatic carbocycles. The smallest absolute Gasteiger partial charge is 0.303 e. The van der Waals surface area contributed by atoms with Crippen molar-refractivity contribution >= 4 is 11.9 Å². The second-order valence-corrected chi connectivity index (χ2v) is 4.47. The summed E-state index contributed by atoms with van der Waals surface area (Å²) < 4.78 is 23.8. The third-order valence-electron chi connectivity index (χ3n) is 3.17. The molecule has 3 rings (SSSR count). The number of ether oxygens (including phenoxy) is 2. The van der Waals surface area contributed by atoms with Gasteiger partial charge in [0, 0.05) is 19.5 Å². The molecule has 1 fully saturated rings. The second kappa shape index (κ2) is 3.95. The summed E-state index contributed by atoms with van der Waals surface area (Å²) in [6.45, 7) is 1.25. The lowest BCUT2D eigenvalue weighted by atomic mass is 10.1. The van der Waals surface area contributed by atoms with E-state index in [1.807, 2.05) is 0 Å². The summed E-state index contributed by atoms with van der Waals surface area (Å²) in [5.41, 5.74) is 0. The SMILES string of the molecule is CC(=O)OC1CC2OC1C(O)=C1NC(=O)C(F)=CN12. The Kier molecular flexibility index (Phi) is 2.49. The topological polar surface area (TPSA) is 88.1 Å². The summed E-state index contributed by atoms with van der Waals surface area (Å²) in [5, 5.41) is 12.3. The van der Waals surface area contributed by atoms with E-state index in [0.717, 1.165) is 6.20 Å². The fourth-order valence-corrected chi connectivity index (χ4v) is 2.41. The summed E-state index contributed by atoms with van der Waals surface area (Å²) in [6.07, 6.45) is -0.852. The van der Waals surface area contributed by atoms with Crippen molar-refractivity contribution < 1.29 is 28.6 Å². The fourth-order valence-electron chi connectivity index (χ4n) is 2.41. The van der Waals surface area contributed by atoms with Crippen molar-refractivity contribution in [2.75, 3.05) is 0 Å². The molecule has 3 aliphatic heterocycles. The fraction of sp³-hybridized carbons (Fsp3) is 0.455. The number of aliphatic hydroxyl groups is 1. The van der Waals surface area contributed by atoms with E-state index < -0.39 is 36.1 Å². The maximum Gasteiger partial charge on any atom is 0.303 e. The van der Waals surface area contributed by atoms with E-state index in [4.69, 9.17) is 9.47 Å². The molecule has 0 spiro atoms. The molecule has 2 bridgehead atoms. The maximum atomic E-state index is 13.3. The molecule has 0 saturated carbocycles. The van der Waals surface area contributed by atoms with E-state index >= 15 is 0 Å². The number of hydrogen-bond donors (Lipinski definition) is 2. The van der Waals surface area contributed by atoms with Crippen molar-refractivity contribution in [3.63, 3.8) is 0 Å². The molecule has 0 aromatic carbocycles. The summed E-state index contributed by atoms with van der Waals surface area (Å²) in [4.78, 5) is 23.5. The molecule has 7 nitrogen and oxygen atoms in total. The van der Waals surface area contributed by atoms with E-state index in [1.54, 1.807) is 0 Å². The van der Waals surface area contributed by atoms with Gasteiger partial charge in [-0.3, -0.25) is 9.59 Å². The molecular formula is C11H11FN2O5. The summed E-state index contributed by atoms with van der Waals surface area (Å²) >= 11 is 0. The first kappa shape index (κ1) is 12.0. The zero-order valence-corrected chi connectivity index (χ0v) is 9.92. The molecule has 0 radical (unpaired) electrons. The lowest BCUT2D eigenvalue weighted by Crippen LogP contribution is -2.47. The maximum absolute atomic E-state index is 13.3. The monoisotopic (exact) mass is 270 g/mol. The van der Waals surface area contributed by atoms with E-state index in [0.29, 0.717) is 0 Å². The molecule has 2 N–H and O–H groups in total. The number of fused-ring (bicyclic) bond motifs is 4. The molecule has 3 atom stereocenters. The number of nitrogens with one attached hydrogen (secondary N) is 1. The normalized spacial score (nSPS) is 32.7. The Hall–Kier alpha value is -2.09. The average Bonchev–Trinajstić information content (AvgIpc) is 2.69. The van der Waals surface area contributed by atoms with Gasteiger partial charge in [0.15, 0.2) is 17.7 Å². The van der Waals surface area contributed by atoms with Crippen molar-refractivity contribution in [2.45, 2.75) is 31.8 Å². The highest BCUT2D eigenvalue weighted by molar-refractivity contribution is 5.93. The van der Waals surface area contributed by atoms with Crippen molar-refractivity contribution in [1.29, 1.82) is 0 Å². The number of amides is 1. The number of carbonyl (C=O) groups is 2. The van der Waals surface area contributed by atoms with Crippen molar-refractivity contribution in [1.82, 2.24) is 10.2 Å². The molecule has 1 amide bonds. The van der Waals surface area contributed by atoms with Gasteiger partial charge < -0.3 is 24.8 Å². The first-order valence-electron chi connectivity index (χ1n) is 5.70. The molecule has 8 heteroatoms. The number of rotatable bonds is 1. The highest BCUT2D eigenvalue weighted by atomic mass is 19.1. The van der Waals surface area contributed by atoms with E-state index in [9.17, 15) is 19.1 Å². The molecule has 3 heterocycles. The van der Waals surface area contributed by atoms with Crippen LogP contribution in [0.15, 0.2) is 23.6 Å². The van der Waals surface area contributed by atoms with Crippen LogP contribution >= 0.6 is 0 Å². The third kappa shape index (κ3) is 1.75. The molecule has 1 saturated heterocycles. The molecular weight excluding hydrogens is 259 g/mol. The van der Waals surface area contributed by atoms with Gasteiger partial charge in [0.05, 0.1) is 0 Å². The highest BCUT2D eigenvalue weighted by Crippen LogP contribution is 2.38. The van der Waals surface area contributed by atoms with Gasteiger partial charge in [-0.25, -0.2) is 0 Å². The van der Waals surface area contributed by atoms with Crippen LogP contribution in [0.5, 0.6) is 0 Å². The van der Waals surface area contributed by atoms with Gasteiger partial charge in [0.2, 0.25) is 5.83 Å². The Labute approximate surface area is 107 Å². The quantitative estimate of drug-likeness (QED) is 0.653. The summed E-state index contributed by atoms with van der Waals surface area (Å²) in [7, 11) is 0. The van der Waals surface area contributed by atoms with E-state index in [-0.39, 0.29) is 18.0 Å². The minimum absolute atomic E-state index is 0.0716. The predicted octanol–water partition coefficient (Wildman–Crippen LogP) is 0.0165. The highest BCUT2D eigenvalue weighted by Gasteiger charge is 2.50. The van der Waals surface area contributed by atoms with Crippen LogP contribution < -0.4 is 5.32 Å². The lowest BCUT2D eigenvalue weighted by Gasteiger charge is -2.36. The number of nitrogens with zero attached hydrogens (tertiary/aromatic N) is 1. The molecule has 3 aliphatic rings. The van der Waals surface area contributed by atoms with Crippen molar-refractivity contribution in [3.05, 3.63) is 23.6 Å². The van der Waals surface area contributed by atoms with Crippen LogP contribution in [0, 0.1) is 0 Å². The van der Waals surface area contributed by atoms with Crippen LogP contribution in [0.25, 0.3) is 0 Å². The Bertz CT molecular complexity index is 529. The Morgan fingerprint density at radius 1 is 1.68 bits per heavy atom. The minimum Gasteiger partial charge on any atom is -0.506 e. The van der Waals surface area contributed by atoms with Crippen LogP contribution in [0.1, 0.15) is 13.3 Å². The van der Waals surface area contributed by atoms with Crippen LogP contribution in [0.4, 0.5) is 4.39 Å². The number of aliphatic hydroxyl groups excluding tert-OH is 1. The Balaban J connectivity index is 1.95. The number of carbonyl (C=O) groups excluding carboxylic acids is 2. The Morgan fingerprint density at radius 3 is 3.11 bits per heavy atom. The zero-order chi connectivity index (χ0) is 13.7. The van der Waals surface area contributed by atoms with Crippen molar-refractivity contribution in [2.24, 2.45) is 0 Å². The Morgan fingerprint density at radius 2 is 2.42 bits per heavy atom. The molecule has 0 aromatic rings. The third-order valence-corrected chi connectivity index (χ3v) is 3.17. The number of halogens is 1. The summed E-state index contributed by atoms with van der Waals surface area (Å²) in [6, 6.07) is 0. The largest absolute Gasteiger partial charge is 0.506 e. The van der Waals surface area contributed by atoms with Gasteiger partial charge in [-0.15, -0.1) is 0 Å². The standard InChI is InChI=1S/C11H11FN2O5/c1-4(15)18-6-2-7-14-3-5(12)11(17)13-10(14)8(16)9(6)19-7/h3,6-7,9,16H,2H2,1H3,(H,13,17). The van der Waals surface area contributed by atoms with E-state index in [2.05, 4.69) is 5.32 Å². The van der Waals surface area contributed by atoms with Gasteiger partial charge in [-0.1, -0.05) is 0 Å². The molecule has 3 unspecified atom stereocenters. The average molecular weight is 270 g/mol. The van der Waals surface area contributed by atoms with Crippen LogP contribution in [-0.4, -0.2) is 40.3 Å². The van der Waals surface area contributed by atoms with Gasteiger partial charge >= 0.3 is 5.97 Å². The van der Waals surface area contributed by atoms with Crippen LogP contribution in [0.3, 0.4) is 0 Å².